The lowest BCUT2D eigenvalue weighted by atomic mass is 9.95. The molecule has 0 fully saturated rings. The Morgan fingerprint density at radius 2 is 1.79 bits per heavy atom. The standard InChI is InChI=1S/C12H15NS/c1-8-5-12(6-13-7-14)11(4)10(3)9(8)2/h5H,6H2,1-4H3. The molecule has 0 saturated carbocycles. The number of hydrogen-bond donors (Lipinski definition) is 0. The zero-order valence-electron chi connectivity index (χ0n) is 9.14. The summed E-state index contributed by atoms with van der Waals surface area (Å²) in [5.74, 6) is 0. The van der Waals surface area contributed by atoms with Gasteiger partial charge in [0.25, 0.3) is 0 Å². The van der Waals surface area contributed by atoms with E-state index in [1.54, 1.807) is 0 Å². The maximum absolute atomic E-state index is 4.57. The van der Waals surface area contributed by atoms with Crippen LogP contribution in [0.5, 0.6) is 0 Å². The lowest BCUT2D eigenvalue weighted by molar-refractivity contribution is 1.03. The second-order valence-electron chi connectivity index (χ2n) is 3.64. The van der Waals surface area contributed by atoms with Gasteiger partial charge >= 0.3 is 0 Å². The highest BCUT2D eigenvalue weighted by molar-refractivity contribution is 7.78. The normalized spacial score (nSPS) is 9.71. The van der Waals surface area contributed by atoms with Crippen LogP contribution >= 0.6 is 12.2 Å². The van der Waals surface area contributed by atoms with Crippen LogP contribution in [0, 0.1) is 27.7 Å². The average Bonchev–Trinajstić information content (AvgIpc) is 2.18. The molecule has 1 nitrogen and oxygen atoms in total. The van der Waals surface area contributed by atoms with Gasteiger partial charge in [0, 0.05) is 0 Å². The Bertz CT molecular complexity index is 401. The van der Waals surface area contributed by atoms with E-state index >= 15 is 0 Å². The van der Waals surface area contributed by atoms with Crippen molar-refractivity contribution in [3.63, 3.8) is 0 Å². The van der Waals surface area contributed by atoms with Crippen LogP contribution in [-0.2, 0) is 6.54 Å². The predicted molar refractivity (Wildman–Crippen MR) is 64.1 cm³/mol. The number of nitrogens with zero attached hydrogens (tertiary/aromatic N) is 1. The molecule has 0 radical (unpaired) electrons. The van der Waals surface area contributed by atoms with Crippen LogP contribution in [0.25, 0.3) is 0 Å². The topological polar surface area (TPSA) is 12.4 Å². The van der Waals surface area contributed by atoms with Gasteiger partial charge in [-0.3, -0.25) is 0 Å². The number of hydrogen-bond acceptors (Lipinski definition) is 2. The van der Waals surface area contributed by atoms with Crippen LogP contribution < -0.4 is 0 Å². The minimum absolute atomic E-state index is 0.650. The van der Waals surface area contributed by atoms with Gasteiger partial charge in [-0.2, -0.15) is 0 Å². The summed E-state index contributed by atoms with van der Waals surface area (Å²) < 4.78 is 0. The second-order valence-corrected chi connectivity index (χ2v) is 3.82. The molecule has 0 bridgehead atoms. The first kappa shape index (κ1) is 11.1. The highest BCUT2D eigenvalue weighted by Crippen LogP contribution is 2.21. The average molecular weight is 205 g/mol. The molecule has 0 amide bonds. The van der Waals surface area contributed by atoms with Crippen molar-refractivity contribution in [3.05, 3.63) is 33.9 Å². The fraction of sp³-hybridized carbons (Fsp3) is 0.417. The van der Waals surface area contributed by atoms with Gasteiger partial charge in [-0.15, -0.1) is 0 Å². The lowest BCUT2D eigenvalue weighted by Gasteiger charge is -2.12. The van der Waals surface area contributed by atoms with Gasteiger partial charge in [0.15, 0.2) is 0 Å². The maximum atomic E-state index is 4.57. The Labute approximate surface area is 90.9 Å². The van der Waals surface area contributed by atoms with E-state index in [0.29, 0.717) is 6.54 Å². The molecule has 0 N–H and O–H groups in total. The van der Waals surface area contributed by atoms with Crippen molar-refractivity contribution < 1.29 is 0 Å². The first-order chi connectivity index (χ1) is 6.57. The van der Waals surface area contributed by atoms with Crippen LogP contribution in [0.4, 0.5) is 0 Å². The Hall–Kier alpha value is -0.980. The maximum Gasteiger partial charge on any atom is 0.0746 e. The summed E-state index contributed by atoms with van der Waals surface area (Å²) in [6.07, 6.45) is 0. The molecule has 1 aromatic rings. The van der Waals surface area contributed by atoms with Crippen molar-refractivity contribution in [1.29, 1.82) is 0 Å². The van der Waals surface area contributed by atoms with E-state index in [2.05, 4.69) is 56.1 Å². The molecule has 74 valence electrons. The Morgan fingerprint density at radius 3 is 2.36 bits per heavy atom. The molecule has 0 spiro atoms. The van der Waals surface area contributed by atoms with Crippen molar-refractivity contribution in [3.8, 4) is 0 Å². The molecule has 0 aliphatic heterocycles. The van der Waals surface area contributed by atoms with Crippen molar-refractivity contribution in [2.24, 2.45) is 4.99 Å². The fourth-order valence-corrected chi connectivity index (χ4v) is 1.64. The number of aliphatic imine (C=N–C) groups is 1. The van der Waals surface area contributed by atoms with Gasteiger partial charge in [0.2, 0.25) is 0 Å². The van der Waals surface area contributed by atoms with E-state index in [1.807, 2.05) is 0 Å². The molecule has 0 unspecified atom stereocenters. The molecule has 0 heterocycles. The summed E-state index contributed by atoms with van der Waals surface area (Å²) >= 11 is 4.57. The van der Waals surface area contributed by atoms with E-state index in [4.69, 9.17) is 0 Å². The minimum Gasteiger partial charge on any atom is -0.228 e. The highest BCUT2D eigenvalue weighted by Gasteiger charge is 2.05. The quantitative estimate of drug-likeness (QED) is 0.531. The molecule has 0 aromatic heterocycles. The first-order valence-corrected chi connectivity index (χ1v) is 5.08. The van der Waals surface area contributed by atoms with E-state index in [-0.39, 0.29) is 0 Å². The first-order valence-electron chi connectivity index (χ1n) is 4.67. The van der Waals surface area contributed by atoms with Crippen molar-refractivity contribution in [1.82, 2.24) is 0 Å². The number of thiocarbonyl (C=S) groups is 1. The molecular formula is C12H15NS. The molecule has 2 heteroatoms. The summed E-state index contributed by atoms with van der Waals surface area (Å²) in [5.41, 5.74) is 6.63. The number of aryl methyl sites for hydroxylation is 1. The number of isothiocyanates is 1. The Morgan fingerprint density at radius 1 is 1.14 bits per heavy atom. The molecule has 1 rings (SSSR count). The lowest BCUT2D eigenvalue weighted by Crippen LogP contribution is -1.96. The summed E-state index contributed by atoms with van der Waals surface area (Å²) in [7, 11) is 0. The number of benzene rings is 1. The van der Waals surface area contributed by atoms with E-state index in [9.17, 15) is 0 Å². The summed E-state index contributed by atoms with van der Waals surface area (Å²) in [6, 6.07) is 2.19. The molecule has 14 heavy (non-hydrogen) atoms. The van der Waals surface area contributed by atoms with E-state index in [1.165, 1.54) is 27.8 Å². The minimum atomic E-state index is 0.650. The van der Waals surface area contributed by atoms with Crippen molar-refractivity contribution >= 4 is 17.4 Å². The predicted octanol–water partition coefficient (Wildman–Crippen LogP) is 3.52. The zero-order chi connectivity index (χ0) is 10.7. The van der Waals surface area contributed by atoms with Gasteiger partial charge in [0.1, 0.15) is 0 Å². The zero-order valence-corrected chi connectivity index (χ0v) is 9.96. The van der Waals surface area contributed by atoms with Crippen LogP contribution in [0.15, 0.2) is 11.1 Å². The summed E-state index contributed by atoms with van der Waals surface area (Å²) in [5, 5.41) is 2.41. The molecule has 0 aliphatic carbocycles. The van der Waals surface area contributed by atoms with Crippen molar-refractivity contribution in [2.45, 2.75) is 34.2 Å². The van der Waals surface area contributed by atoms with E-state index < -0.39 is 0 Å². The van der Waals surface area contributed by atoms with Gasteiger partial charge in [-0.1, -0.05) is 6.07 Å². The van der Waals surface area contributed by atoms with Crippen LogP contribution in [0.2, 0.25) is 0 Å². The molecule has 0 atom stereocenters. The third kappa shape index (κ3) is 2.09. The van der Waals surface area contributed by atoms with Crippen LogP contribution in [0.1, 0.15) is 27.8 Å². The van der Waals surface area contributed by atoms with Crippen molar-refractivity contribution in [2.75, 3.05) is 0 Å². The Balaban J connectivity index is 3.25. The Kier molecular flexibility index (Phi) is 3.56. The van der Waals surface area contributed by atoms with Gasteiger partial charge in [-0.05, 0) is 67.7 Å². The third-order valence-electron chi connectivity index (χ3n) is 2.90. The van der Waals surface area contributed by atoms with Crippen LogP contribution in [-0.4, -0.2) is 5.16 Å². The van der Waals surface area contributed by atoms with Gasteiger partial charge in [0.05, 0.1) is 11.7 Å². The fourth-order valence-electron chi connectivity index (χ4n) is 1.58. The third-order valence-corrected chi connectivity index (χ3v) is 3.03. The van der Waals surface area contributed by atoms with E-state index in [0.717, 1.165) is 0 Å². The SMILES string of the molecule is Cc1cc(CN=C=S)c(C)c(C)c1C. The molecular weight excluding hydrogens is 190 g/mol. The number of rotatable bonds is 2. The monoisotopic (exact) mass is 205 g/mol. The molecule has 0 saturated heterocycles. The molecule has 0 aliphatic rings. The largest absolute Gasteiger partial charge is 0.228 e. The smallest absolute Gasteiger partial charge is 0.0746 e. The van der Waals surface area contributed by atoms with Gasteiger partial charge < -0.3 is 0 Å². The highest BCUT2D eigenvalue weighted by atomic mass is 32.1. The molecule has 1 aromatic carbocycles. The van der Waals surface area contributed by atoms with Gasteiger partial charge in [-0.25, -0.2) is 4.99 Å². The van der Waals surface area contributed by atoms with Crippen LogP contribution in [0.3, 0.4) is 0 Å². The summed E-state index contributed by atoms with van der Waals surface area (Å²) in [4.78, 5) is 3.98. The summed E-state index contributed by atoms with van der Waals surface area (Å²) in [6.45, 7) is 9.23. The second kappa shape index (κ2) is 4.50.